The Bertz CT molecular complexity index is 884. The van der Waals surface area contributed by atoms with Crippen molar-refractivity contribution in [1.29, 1.82) is 0 Å². The fraction of sp³-hybridized carbons (Fsp3) is 0.682. The molecule has 7 atom stereocenters. The van der Waals surface area contributed by atoms with Crippen LogP contribution in [0.5, 0.6) is 0 Å². The number of Topliss-reactive ketones (excluding diaryl/α,β-unsaturated/α-hetero) is 2. The SMILES string of the molecule is CC(=O)OCC12C(=O)CC(C)C3(CC(c4ccoc4)OC3O)C1CCC(=O)C2(O)CCl. The van der Waals surface area contributed by atoms with Crippen molar-refractivity contribution in [3.05, 3.63) is 24.2 Å². The number of alkyl halides is 1. The molecule has 0 aromatic carbocycles. The van der Waals surface area contributed by atoms with E-state index in [-0.39, 0.29) is 31.0 Å². The molecule has 1 aliphatic heterocycles. The third kappa shape index (κ3) is 2.95. The molecule has 3 aliphatic rings. The second kappa shape index (κ2) is 7.69. The Hall–Kier alpha value is -1.74. The average Bonchev–Trinajstić information content (AvgIpc) is 3.36. The van der Waals surface area contributed by atoms with E-state index >= 15 is 0 Å². The monoisotopic (exact) mass is 454 g/mol. The standard InChI is InChI=1S/C22H27ClO8/c1-12-7-18(26)21(11-30-13(2)24)16(3-4-17(25)22(21,28)10-23)20(12)8-15(31-19(20)27)14-5-6-29-9-14/h5-6,9,12,15-16,19,27-28H,3-4,7-8,10-11H2,1-2H3. The molecule has 4 rings (SSSR count). The highest BCUT2D eigenvalue weighted by atomic mass is 35.5. The van der Waals surface area contributed by atoms with Crippen molar-refractivity contribution in [3.63, 3.8) is 0 Å². The number of aliphatic hydroxyl groups is 2. The summed E-state index contributed by atoms with van der Waals surface area (Å²) in [6, 6.07) is 1.75. The quantitative estimate of drug-likeness (QED) is 0.524. The second-order valence-corrected chi connectivity index (χ2v) is 9.41. The van der Waals surface area contributed by atoms with E-state index in [1.807, 2.05) is 6.92 Å². The Balaban J connectivity index is 1.86. The second-order valence-electron chi connectivity index (χ2n) is 9.14. The highest BCUT2D eigenvalue weighted by molar-refractivity contribution is 6.21. The third-order valence-corrected chi connectivity index (χ3v) is 8.30. The summed E-state index contributed by atoms with van der Waals surface area (Å²) in [5.41, 5.74) is -4.15. The lowest BCUT2D eigenvalue weighted by molar-refractivity contribution is -0.240. The van der Waals surface area contributed by atoms with Gasteiger partial charge in [0.2, 0.25) is 0 Å². The van der Waals surface area contributed by atoms with E-state index in [1.54, 1.807) is 12.3 Å². The lowest BCUT2D eigenvalue weighted by atomic mass is 9.42. The molecule has 9 heteroatoms. The lowest BCUT2D eigenvalue weighted by Gasteiger charge is -2.61. The molecule has 1 spiro atoms. The van der Waals surface area contributed by atoms with Gasteiger partial charge in [0.25, 0.3) is 0 Å². The third-order valence-electron chi connectivity index (χ3n) is 7.91. The molecule has 0 bridgehead atoms. The number of hydrogen-bond acceptors (Lipinski definition) is 8. The van der Waals surface area contributed by atoms with Gasteiger partial charge in [-0.05, 0) is 30.7 Å². The first kappa shape index (κ1) is 22.5. The van der Waals surface area contributed by atoms with E-state index < -0.39 is 59.0 Å². The zero-order valence-electron chi connectivity index (χ0n) is 17.5. The van der Waals surface area contributed by atoms with E-state index in [1.165, 1.54) is 13.2 Å². The Labute approximate surface area is 184 Å². The normalized spacial score (nSPS) is 42.6. The van der Waals surface area contributed by atoms with Crippen molar-refractivity contribution in [3.8, 4) is 0 Å². The van der Waals surface area contributed by atoms with Gasteiger partial charge >= 0.3 is 5.97 Å². The molecule has 0 amide bonds. The van der Waals surface area contributed by atoms with Crippen molar-refractivity contribution in [1.82, 2.24) is 0 Å². The topological polar surface area (TPSA) is 123 Å². The van der Waals surface area contributed by atoms with Crippen LogP contribution in [0.2, 0.25) is 0 Å². The van der Waals surface area contributed by atoms with E-state index in [9.17, 15) is 24.6 Å². The number of ketones is 2. The molecule has 1 aromatic rings. The van der Waals surface area contributed by atoms with Crippen LogP contribution in [0.3, 0.4) is 0 Å². The van der Waals surface area contributed by atoms with Gasteiger partial charge < -0.3 is 24.1 Å². The molecule has 3 fully saturated rings. The van der Waals surface area contributed by atoms with Gasteiger partial charge in [-0.3, -0.25) is 14.4 Å². The molecule has 2 saturated carbocycles. The van der Waals surface area contributed by atoms with Gasteiger partial charge in [0, 0.05) is 30.7 Å². The maximum Gasteiger partial charge on any atom is 0.302 e. The molecule has 31 heavy (non-hydrogen) atoms. The van der Waals surface area contributed by atoms with Crippen molar-refractivity contribution in [2.24, 2.45) is 22.7 Å². The molecule has 2 N–H and O–H groups in total. The van der Waals surface area contributed by atoms with E-state index in [2.05, 4.69) is 0 Å². The maximum absolute atomic E-state index is 13.6. The summed E-state index contributed by atoms with van der Waals surface area (Å²) in [6.45, 7) is 2.59. The summed E-state index contributed by atoms with van der Waals surface area (Å²) in [5, 5.41) is 22.7. The lowest BCUT2D eigenvalue weighted by Crippen LogP contribution is -2.73. The molecule has 0 radical (unpaired) electrons. The Kier molecular flexibility index (Phi) is 5.57. The molecule has 2 aliphatic carbocycles. The molecule has 1 saturated heterocycles. The smallest absolute Gasteiger partial charge is 0.302 e. The predicted molar refractivity (Wildman–Crippen MR) is 107 cm³/mol. The molecule has 8 nitrogen and oxygen atoms in total. The zero-order valence-corrected chi connectivity index (χ0v) is 18.3. The number of furan rings is 1. The fourth-order valence-electron chi connectivity index (χ4n) is 6.29. The minimum Gasteiger partial charge on any atom is -0.472 e. The van der Waals surface area contributed by atoms with Gasteiger partial charge in [-0.25, -0.2) is 0 Å². The number of ether oxygens (including phenoxy) is 2. The maximum atomic E-state index is 13.6. The minimum atomic E-state index is -2.20. The number of carbonyl (C=O) groups is 3. The molecule has 7 unspecified atom stereocenters. The number of hydrogen-bond donors (Lipinski definition) is 2. The van der Waals surface area contributed by atoms with Crippen LogP contribution in [0.4, 0.5) is 0 Å². The molecular weight excluding hydrogens is 428 g/mol. The summed E-state index contributed by atoms with van der Waals surface area (Å²) < 4.78 is 16.4. The summed E-state index contributed by atoms with van der Waals surface area (Å²) in [6.07, 6.45) is 1.93. The zero-order chi connectivity index (χ0) is 22.6. The van der Waals surface area contributed by atoms with Gasteiger partial charge in [-0.1, -0.05) is 6.92 Å². The molecule has 2 heterocycles. The highest BCUT2D eigenvalue weighted by Crippen LogP contribution is 2.67. The average molecular weight is 455 g/mol. The van der Waals surface area contributed by atoms with E-state index in [0.717, 1.165) is 5.56 Å². The van der Waals surface area contributed by atoms with Crippen molar-refractivity contribution in [2.45, 2.75) is 57.5 Å². The minimum absolute atomic E-state index is 0.000551. The summed E-state index contributed by atoms with van der Waals surface area (Å²) >= 11 is 6.11. The van der Waals surface area contributed by atoms with Gasteiger partial charge in [-0.15, -0.1) is 11.6 Å². The number of esters is 1. The number of fused-ring (bicyclic) bond motifs is 2. The van der Waals surface area contributed by atoms with Crippen LogP contribution in [0.1, 0.15) is 51.2 Å². The first-order chi connectivity index (χ1) is 14.6. The number of aliphatic hydroxyl groups excluding tert-OH is 1. The summed E-state index contributed by atoms with van der Waals surface area (Å²) in [4.78, 5) is 38.1. The summed E-state index contributed by atoms with van der Waals surface area (Å²) in [7, 11) is 0. The van der Waals surface area contributed by atoms with Gasteiger partial charge in [-0.2, -0.15) is 0 Å². The van der Waals surface area contributed by atoms with Crippen LogP contribution in [0.25, 0.3) is 0 Å². The molecule has 1 aromatic heterocycles. The van der Waals surface area contributed by atoms with Crippen LogP contribution < -0.4 is 0 Å². The van der Waals surface area contributed by atoms with Crippen LogP contribution in [0.15, 0.2) is 23.0 Å². The van der Waals surface area contributed by atoms with Crippen molar-refractivity contribution < 1.29 is 38.5 Å². The number of carbonyl (C=O) groups excluding carboxylic acids is 3. The van der Waals surface area contributed by atoms with Gasteiger partial charge in [0.15, 0.2) is 17.7 Å². The Morgan fingerprint density at radius 2 is 2.10 bits per heavy atom. The number of halogens is 1. The van der Waals surface area contributed by atoms with Crippen LogP contribution >= 0.6 is 11.6 Å². The van der Waals surface area contributed by atoms with Crippen molar-refractivity contribution >= 4 is 29.1 Å². The molecule has 170 valence electrons. The van der Waals surface area contributed by atoms with Crippen LogP contribution in [0, 0.1) is 22.7 Å². The largest absolute Gasteiger partial charge is 0.472 e. The van der Waals surface area contributed by atoms with E-state index in [0.29, 0.717) is 6.42 Å². The van der Waals surface area contributed by atoms with Crippen molar-refractivity contribution in [2.75, 3.05) is 12.5 Å². The first-order valence-electron chi connectivity index (χ1n) is 10.5. The summed E-state index contributed by atoms with van der Waals surface area (Å²) in [5.74, 6) is -3.06. The highest BCUT2D eigenvalue weighted by Gasteiger charge is 2.75. The Morgan fingerprint density at radius 3 is 2.71 bits per heavy atom. The van der Waals surface area contributed by atoms with Crippen LogP contribution in [-0.4, -0.2) is 52.1 Å². The molecular formula is C22H27ClO8. The van der Waals surface area contributed by atoms with Gasteiger partial charge in [0.1, 0.15) is 17.8 Å². The van der Waals surface area contributed by atoms with Gasteiger partial charge in [0.05, 0.1) is 24.5 Å². The fourth-order valence-corrected chi connectivity index (χ4v) is 6.67. The van der Waals surface area contributed by atoms with Crippen LogP contribution in [-0.2, 0) is 23.9 Å². The first-order valence-corrected chi connectivity index (χ1v) is 11.0. The van der Waals surface area contributed by atoms with E-state index in [4.69, 9.17) is 25.5 Å². The predicted octanol–water partition coefficient (Wildman–Crippen LogP) is 2.15. The number of rotatable bonds is 4. The Morgan fingerprint density at radius 1 is 1.35 bits per heavy atom.